The fourth-order valence-electron chi connectivity index (χ4n) is 2.43. The van der Waals surface area contributed by atoms with Crippen molar-refractivity contribution in [2.75, 3.05) is 0 Å². The monoisotopic (exact) mass is 360 g/mol. The van der Waals surface area contributed by atoms with Crippen molar-refractivity contribution in [2.24, 2.45) is 0 Å². The van der Waals surface area contributed by atoms with Crippen molar-refractivity contribution < 1.29 is 0 Å². The molecule has 0 N–H and O–H groups in total. The van der Waals surface area contributed by atoms with Crippen LogP contribution in [0, 0.1) is 11.3 Å². The molecule has 1 heterocycles. The Kier molecular flexibility index (Phi) is 3.27. The summed E-state index contributed by atoms with van der Waals surface area (Å²) in [5.74, 6) is 1.75. The van der Waals surface area contributed by atoms with Crippen LogP contribution in [-0.4, -0.2) is 14.8 Å². The Labute approximate surface area is 135 Å². The molecule has 4 rings (SSSR count). The average molecular weight is 361 g/mol. The van der Waals surface area contributed by atoms with Crippen LogP contribution in [0.3, 0.4) is 0 Å². The van der Waals surface area contributed by atoms with Crippen LogP contribution in [0.4, 0.5) is 0 Å². The summed E-state index contributed by atoms with van der Waals surface area (Å²) in [5.41, 5.74) is 0.674. The zero-order chi connectivity index (χ0) is 14.4. The van der Waals surface area contributed by atoms with Crippen LogP contribution in [0.2, 0.25) is 0 Å². The molecule has 4 nitrogen and oxygen atoms in total. The molecular weight excluding hydrogens is 348 g/mol. The maximum atomic E-state index is 9.29. The summed E-state index contributed by atoms with van der Waals surface area (Å²) in [4.78, 5) is 0.942. The van der Waals surface area contributed by atoms with Crippen molar-refractivity contribution in [3.63, 3.8) is 0 Å². The van der Waals surface area contributed by atoms with Gasteiger partial charge in [0.2, 0.25) is 0 Å². The topological polar surface area (TPSA) is 54.5 Å². The molecule has 0 radical (unpaired) electrons. The van der Waals surface area contributed by atoms with Gasteiger partial charge < -0.3 is 4.57 Å². The highest BCUT2D eigenvalue weighted by Crippen LogP contribution is 2.47. The first-order valence-corrected chi connectivity index (χ1v) is 8.69. The molecule has 2 fully saturated rings. The molecule has 0 bridgehead atoms. The number of nitriles is 1. The van der Waals surface area contributed by atoms with Crippen LogP contribution in [0.15, 0.2) is 32.7 Å². The number of aromatic nitrogens is 3. The highest BCUT2D eigenvalue weighted by Gasteiger charge is 2.36. The molecule has 2 aliphatic carbocycles. The van der Waals surface area contributed by atoms with Gasteiger partial charge in [0.1, 0.15) is 11.9 Å². The van der Waals surface area contributed by atoms with E-state index in [4.69, 9.17) is 0 Å². The van der Waals surface area contributed by atoms with Crippen LogP contribution >= 0.6 is 27.7 Å². The molecule has 0 atom stereocenters. The van der Waals surface area contributed by atoms with E-state index in [9.17, 15) is 5.26 Å². The molecule has 106 valence electrons. The second-order valence-corrected chi connectivity index (χ2v) is 7.50. The predicted molar refractivity (Wildman–Crippen MR) is 83.2 cm³/mol. The SMILES string of the molecule is N#Cc1cc(Br)ccc1Sc1nnc(C2CC2)n1C1CC1. The largest absolute Gasteiger partial charge is 0.302 e. The molecule has 0 saturated heterocycles. The van der Waals surface area contributed by atoms with E-state index < -0.39 is 0 Å². The van der Waals surface area contributed by atoms with E-state index in [1.54, 1.807) is 11.8 Å². The van der Waals surface area contributed by atoms with Gasteiger partial charge in [-0.15, -0.1) is 10.2 Å². The maximum absolute atomic E-state index is 9.29. The summed E-state index contributed by atoms with van der Waals surface area (Å²) >= 11 is 4.96. The lowest BCUT2D eigenvalue weighted by atomic mass is 10.2. The fourth-order valence-corrected chi connectivity index (χ4v) is 3.76. The molecule has 2 aliphatic rings. The molecule has 0 spiro atoms. The Morgan fingerprint density at radius 2 is 2.05 bits per heavy atom. The number of nitrogens with zero attached hydrogens (tertiary/aromatic N) is 4. The summed E-state index contributed by atoms with van der Waals surface area (Å²) in [5, 5.41) is 19.0. The maximum Gasteiger partial charge on any atom is 0.196 e. The lowest BCUT2D eigenvalue weighted by molar-refractivity contribution is 0.627. The third-order valence-corrected chi connectivity index (χ3v) is 5.34. The number of hydrogen-bond donors (Lipinski definition) is 0. The van der Waals surface area contributed by atoms with E-state index in [2.05, 4.69) is 36.8 Å². The fraction of sp³-hybridized carbons (Fsp3) is 0.400. The Morgan fingerprint density at radius 3 is 2.71 bits per heavy atom. The molecular formula is C15H13BrN4S. The first-order chi connectivity index (χ1) is 10.3. The zero-order valence-corrected chi connectivity index (χ0v) is 13.7. The molecule has 2 aromatic rings. The van der Waals surface area contributed by atoms with Crippen LogP contribution in [-0.2, 0) is 0 Å². The molecule has 1 aromatic heterocycles. The van der Waals surface area contributed by atoms with Gasteiger partial charge in [0, 0.05) is 21.3 Å². The van der Waals surface area contributed by atoms with Crippen molar-refractivity contribution in [1.29, 1.82) is 5.26 Å². The lowest BCUT2D eigenvalue weighted by Crippen LogP contribution is -2.01. The van der Waals surface area contributed by atoms with Crippen molar-refractivity contribution in [1.82, 2.24) is 14.8 Å². The van der Waals surface area contributed by atoms with Crippen LogP contribution in [0.5, 0.6) is 0 Å². The van der Waals surface area contributed by atoms with Gasteiger partial charge in [-0.3, -0.25) is 0 Å². The Morgan fingerprint density at radius 1 is 1.24 bits per heavy atom. The third-order valence-electron chi connectivity index (χ3n) is 3.81. The van der Waals surface area contributed by atoms with Gasteiger partial charge in [0.05, 0.1) is 5.56 Å². The van der Waals surface area contributed by atoms with Gasteiger partial charge in [-0.25, -0.2) is 0 Å². The first kappa shape index (κ1) is 13.4. The minimum absolute atomic E-state index is 0.569. The minimum Gasteiger partial charge on any atom is -0.302 e. The molecule has 2 saturated carbocycles. The number of hydrogen-bond acceptors (Lipinski definition) is 4. The molecule has 1 aromatic carbocycles. The number of halogens is 1. The average Bonchev–Trinajstić information content (AvgIpc) is 3.40. The van der Waals surface area contributed by atoms with Gasteiger partial charge in [-0.2, -0.15) is 5.26 Å². The van der Waals surface area contributed by atoms with Gasteiger partial charge in [-0.1, -0.05) is 15.9 Å². The molecule has 0 unspecified atom stereocenters. The van der Waals surface area contributed by atoms with Crippen molar-refractivity contribution >= 4 is 27.7 Å². The van der Waals surface area contributed by atoms with Crippen LogP contribution < -0.4 is 0 Å². The van der Waals surface area contributed by atoms with E-state index in [1.807, 2.05) is 18.2 Å². The Bertz CT molecular complexity index is 741. The van der Waals surface area contributed by atoms with E-state index in [1.165, 1.54) is 25.7 Å². The van der Waals surface area contributed by atoms with Crippen LogP contribution in [0.25, 0.3) is 0 Å². The Balaban J connectivity index is 1.70. The number of rotatable bonds is 4. The van der Waals surface area contributed by atoms with Gasteiger partial charge in [0.25, 0.3) is 0 Å². The van der Waals surface area contributed by atoms with Gasteiger partial charge >= 0.3 is 0 Å². The summed E-state index contributed by atoms with van der Waals surface area (Å²) in [6, 6.07) is 8.60. The van der Waals surface area contributed by atoms with E-state index in [0.717, 1.165) is 20.3 Å². The van der Waals surface area contributed by atoms with Gasteiger partial charge in [-0.05, 0) is 55.6 Å². The summed E-state index contributed by atoms with van der Waals surface area (Å²) < 4.78 is 3.23. The smallest absolute Gasteiger partial charge is 0.196 e. The summed E-state index contributed by atoms with van der Waals surface area (Å²) in [7, 11) is 0. The molecule has 21 heavy (non-hydrogen) atoms. The molecule has 6 heteroatoms. The van der Waals surface area contributed by atoms with Crippen LogP contribution in [0.1, 0.15) is 49.0 Å². The minimum atomic E-state index is 0.569. The van der Waals surface area contributed by atoms with E-state index >= 15 is 0 Å². The van der Waals surface area contributed by atoms with Crippen molar-refractivity contribution in [3.8, 4) is 6.07 Å². The second-order valence-electron chi connectivity index (χ2n) is 5.57. The van der Waals surface area contributed by atoms with Gasteiger partial charge in [0.15, 0.2) is 5.16 Å². The van der Waals surface area contributed by atoms with Crippen molar-refractivity contribution in [3.05, 3.63) is 34.1 Å². The highest BCUT2D eigenvalue weighted by molar-refractivity contribution is 9.10. The Hall–Kier alpha value is -1.32. The third kappa shape index (κ3) is 2.60. The highest BCUT2D eigenvalue weighted by atomic mass is 79.9. The van der Waals surface area contributed by atoms with Crippen molar-refractivity contribution in [2.45, 2.75) is 47.7 Å². The quantitative estimate of drug-likeness (QED) is 0.816. The molecule has 0 amide bonds. The standard InChI is InChI=1S/C15H13BrN4S/c16-11-3-6-13(10(7-11)8-17)21-15-19-18-14(9-1-2-9)20(15)12-4-5-12/h3,6-7,9,12H,1-2,4-5H2. The zero-order valence-electron chi connectivity index (χ0n) is 11.3. The van der Waals surface area contributed by atoms with E-state index in [0.29, 0.717) is 17.5 Å². The van der Waals surface area contributed by atoms with E-state index in [-0.39, 0.29) is 0 Å². The first-order valence-electron chi connectivity index (χ1n) is 7.08. The second kappa shape index (κ2) is 5.15. The lowest BCUT2D eigenvalue weighted by Gasteiger charge is -2.08. The normalized spacial score (nSPS) is 17.7. The summed E-state index contributed by atoms with van der Waals surface area (Å²) in [6.07, 6.45) is 4.90. The molecule has 0 aliphatic heterocycles. The predicted octanol–water partition coefficient (Wildman–Crippen LogP) is 4.28. The summed E-state index contributed by atoms with van der Waals surface area (Å²) in [6.45, 7) is 0. The number of benzene rings is 1.